The number of carbonyl (C=O) groups is 2. The number of aryl methyl sites for hydroxylation is 1. The van der Waals surface area contributed by atoms with Crippen molar-refractivity contribution >= 4 is 39.3 Å². The number of hydrogen-bond donors (Lipinski definition) is 0. The smallest absolute Gasteiger partial charge is 0.268 e. The number of rotatable bonds is 6. The van der Waals surface area contributed by atoms with Gasteiger partial charge in [0.2, 0.25) is 0 Å². The predicted molar refractivity (Wildman–Crippen MR) is 225 cm³/mol. The number of para-hydroxylation sites is 2. The molecule has 0 bridgehead atoms. The van der Waals surface area contributed by atoms with E-state index in [0.29, 0.717) is 22.5 Å². The molecule has 0 radical (unpaired) electrons. The topological polar surface area (TPSA) is 42.3 Å². The summed E-state index contributed by atoms with van der Waals surface area (Å²) in [6, 6.07) is 63.3. The van der Waals surface area contributed by atoms with Crippen molar-refractivity contribution in [1.82, 2.24) is 4.57 Å². The molecule has 1 aliphatic rings. The maximum atomic E-state index is 15.4. The molecule has 10 rings (SSSR count). The number of carbonyl (C=O) groups excluding carboxylic acids is 2. The fourth-order valence-corrected chi connectivity index (χ4v) is 8.37. The molecular formula is C51H34N2O2. The van der Waals surface area contributed by atoms with E-state index < -0.39 is 0 Å². The van der Waals surface area contributed by atoms with Crippen LogP contribution in [0.15, 0.2) is 188 Å². The van der Waals surface area contributed by atoms with E-state index in [1.807, 2.05) is 103 Å². The van der Waals surface area contributed by atoms with Crippen molar-refractivity contribution in [2.75, 3.05) is 4.90 Å². The van der Waals surface area contributed by atoms with Crippen LogP contribution in [-0.2, 0) is 0 Å². The maximum absolute atomic E-state index is 15.4. The summed E-state index contributed by atoms with van der Waals surface area (Å²) in [6.07, 6.45) is 0. The lowest BCUT2D eigenvalue weighted by molar-refractivity contribution is 0.0926. The summed E-state index contributed by atoms with van der Waals surface area (Å²) >= 11 is 0. The van der Waals surface area contributed by atoms with Crippen LogP contribution in [0, 0.1) is 6.92 Å². The van der Waals surface area contributed by atoms with Crippen LogP contribution in [0.2, 0.25) is 0 Å². The lowest BCUT2D eigenvalue weighted by atomic mass is 9.90. The standard InChI is InChI=1S/C51H34N2O2/c1-33-17-11-12-24-38(33)40-26-15-27-41-39-25-13-14-29-45(39)52(48(40)41)46-30-16-28-42-47(46)51(55)53(50(42)54)49-43(35-20-7-3-8-21-35)31-37(34-18-5-2-6-19-34)32-44(49)36-22-9-4-10-23-36/h2-32H,1H3. The minimum atomic E-state index is -0.350. The number of aromatic nitrogens is 1. The summed E-state index contributed by atoms with van der Waals surface area (Å²) in [4.78, 5) is 31.8. The lowest BCUT2D eigenvalue weighted by Crippen LogP contribution is -2.30. The highest BCUT2D eigenvalue weighted by atomic mass is 16.2. The second-order valence-electron chi connectivity index (χ2n) is 14.0. The Hall–Kier alpha value is -7.30. The van der Waals surface area contributed by atoms with Gasteiger partial charge in [-0.15, -0.1) is 0 Å². The van der Waals surface area contributed by atoms with Gasteiger partial charge in [0.05, 0.1) is 33.5 Å². The van der Waals surface area contributed by atoms with Gasteiger partial charge in [-0.2, -0.15) is 0 Å². The molecule has 0 unspecified atom stereocenters. The predicted octanol–water partition coefficient (Wildman–Crippen LogP) is 12.6. The summed E-state index contributed by atoms with van der Waals surface area (Å²) in [6.45, 7) is 2.12. The second-order valence-corrected chi connectivity index (χ2v) is 14.0. The first-order valence-electron chi connectivity index (χ1n) is 18.5. The van der Waals surface area contributed by atoms with Crippen LogP contribution in [0.5, 0.6) is 0 Å². The summed E-state index contributed by atoms with van der Waals surface area (Å²) in [5, 5.41) is 2.16. The van der Waals surface area contributed by atoms with Gasteiger partial charge in [-0.3, -0.25) is 9.59 Å². The molecule has 1 aliphatic heterocycles. The van der Waals surface area contributed by atoms with Crippen molar-refractivity contribution in [3.8, 4) is 50.2 Å². The van der Waals surface area contributed by atoms with E-state index in [1.165, 1.54) is 4.90 Å². The van der Waals surface area contributed by atoms with Crippen LogP contribution in [-0.4, -0.2) is 16.4 Å². The van der Waals surface area contributed by atoms with E-state index in [1.54, 1.807) is 6.07 Å². The third-order valence-electron chi connectivity index (χ3n) is 10.9. The van der Waals surface area contributed by atoms with Crippen molar-refractivity contribution in [1.29, 1.82) is 0 Å². The Balaban J connectivity index is 1.25. The quantitative estimate of drug-likeness (QED) is 0.162. The number of anilines is 1. The van der Waals surface area contributed by atoms with Crippen LogP contribution >= 0.6 is 0 Å². The molecule has 2 heterocycles. The zero-order valence-corrected chi connectivity index (χ0v) is 30.1. The molecule has 0 atom stereocenters. The Bertz CT molecular complexity index is 2900. The van der Waals surface area contributed by atoms with Gasteiger partial charge < -0.3 is 4.57 Å². The van der Waals surface area contributed by atoms with Gasteiger partial charge in [0, 0.05) is 27.5 Å². The maximum Gasteiger partial charge on any atom is 0.268 e. The first-order chi connectivity index (χ1) is 27.1. The van der Waals surface area contributed by atoms with E-state index in [-0.39, 0.29) is 11.8 Å². The molecule has 9 aromatic rings. The van der Waals surface area contributed by atoms with E-state index in [0.717, 1.165) is 71.9 Å². The largest absolute Gasteiger partial charge is 0.308 e. The van der Waals surface area contributed by atoms with Crippen molar-refractivity contribution in [2.24, 2.45) is 0 Å². The summed E-state index contributed by atoms with van der Waals surface area (Å²) in [5.74, 6) is -0.694. The molecule has 0 saturated carbocycles. The lowest BCUT2D eigenvalue weighted by Gasteiger charge is -2.24. The summed E-state index contributed by atoms with van der Waals surface area (Å²) in [7, 11) is 0. The molecule has 0 aliphatic carbocycles. The molecule has 260 valence electrons. The third-order valence-corrected chi connectivity index (χ3v) is 10.9. The highest BCUT2D eigenvalue weighted by Gasteiger charge is 2.42. The SMILES string of the molecule is Cc1ccccc1-c1cccc2c3ccccc3n(-c3cccc4c3C(=O)N(c3c(-c5ccccc5)cc(-c5ccccc5)cc3-c3ccccc3)C4=O)c12. The summed E-state index contributed by atoms with van der Waals surface area (Å²) in [5.41, 5.74) is 12.8. The molecule has 1 aromatic heterocycles. The fraction of sp³-hybridized carbons (Fsp3) is 0.0196. The molecule has 0 N–H and O–H groups in total. The van der Waals surface area contributed by atoms with Gasteiger partial charge in [0.25, 0.3) is 11.8 Å². The van der Waals surface area contributed by atoms with Gasteiger partial charge in [-0.1, -0.05) is 158 Å². The van der Waals surface area contributed by atoms with E-state index in [4.69, 9.17) is 0 Å². The van der Waals surface area contributed by atoms with Crippen LogP contribution < -0.4 is 4.90 Å². The number of hydrogen-bond acceptors (Lipinski definition) is 2. The van der Waals surface area contributed by atoms with Crippen LogP contribution in [0.4, 0.5) is 5.69 Å². The summed E-state index contributed by atoms with van der Waals surface area (Å²) < 4.78 is 2.19. The third kappa shape index (κ3) is 5.14. The normalized spacial score (nSPS) is 12.5. The van der Waals surface area contributed by atoms with Gasteiger partial charge in [-0.25, -0.2) is 4.90 Å². The average Bonchev–Trinajstić information content (AvgIpc) is 3.72. The van der Waals surface area contributed by atoms with Crippen LogP contribution in [0.1, 0.15) is 26.3 Å². The fourth-order valence-electron chi connectivity index (χ4n) is 8.37. The average molecular weight is 707 g/mol. The first-order valence-corrected chi connectivity index (χ1v) is 18.5. The Morgan fingerprint density at radius 3 is 1.60 bits per heavy atom. The molecule has 0 saturated heterocycles. The van der Waals surface area contributed by atoms with Crippen molar-refractivity contribution in [2.45, 2.75) is 6.92 Å². The molecule has 8 aromatic carbocycles. The van der Waals surface area contributed by atoms with Gasteiger partial charge in [0.1, 0.15) is 0 Å². The second kappa shape index (κ2) is 13.0. The molecule has 0 spiro atoms. The van der Waals surface area contributed by atoms with Crippen molar-refractivity contribution in [3.63, 3.8) is 0 Å². The van der Waals surface area contributed by atoms with Gasteiger partial charge >= 0.3 is 0 Å². The Morgan fingerprint density at radius 1 is 0.400 bits per heavy atom. The number of amides is 2. The monoisotopic (exact) mass is 706 g/mol. The van der Waals surface area contributed by atoms with Crippen molar-refractivity contribution < 1.29 is 9.59 Å². The minimum Gasteiger partial charge on any atom is -0.308 e. The van der Waals surface area contributed by atoms with Gasteiger partial charge in [-0.05, 0) is 70.6 Å². The minimum absolute atomic E-state index is 0.344. The molecule has 55 heavy (non-hydrogen) atoms. The molecule has 0 fully saturated rings. The van der Waals surface area contributed by atoms with Crippen LogP contribution in [0.25, 0.3) is 72.0 Å². The first kappa shape index (κ1) is 32.4. The van der Waals surface area contributed by atoms with Gasteiger partial charge in [0.15, 0.2) is 0 Å². The Kier molecular flexibility index (Phi) is 7.63. The number of benzene rings is 8. The van der Waals surface area contributed by atoms with E-state index in [9.17, 15) is 0 Å². The molecule has 4 heteroatoms. The highest BCUT2D eigenvalue weighted by Crippen LogP contribution is 2.47. The van der Waals surface area contributed by atoms with E-state index in [2.05, 4.69) is 90.4 Å². The van der Waals surface area contributed by atoms with Crippen LogP contribution in [0.3, 0.4) is 0 Å². The number of nitrogens with zero attached hydrogens (tertiary/aromatic N) is 2. The zero-order valence-electron chi connectivity index (χ0n) is 30.1. The number of fused-ring (bicyclic) bond motifs is 4. The molecular weight excluding hydrogens is 673 g/mol. The highest BCUT2D eigenvalue weighted by molar-refractivity contribution is 6.37. The van der Waals surface area contributed by atoms with E-state index >= 15 is 9.59 Å². The Morgan fingerprint density at radius 2 is 0.927 bits per heavy atom. The molecule has 4 nitrogen and oxygen atoms in total. The number of imide groups is 1. The zero-order chi connectivity index (χ0) is 37.0. The van der Waals surface area contributed by atoms with Crippen molar-refractivity contribution in [3.05, 3.63) is 205 Å². The Labute approximate surface area is 319 Å². The molecule has 2 amide bonds.